The SMILES string of the molecule is Cc1ccc(CC(=O)CC(C2=C(c3ccc(C)cc3)N=C3SC=NN3C2c2ccccc2)c2ccccc2)cc1. The van der Waals surface area contributed by atoms with E-state index in [0.717, 1.165) is 38.7 Å². The fourth-order valence-corrected chi connectivity index (χ4v) is 6.13. The van der Waals surface area contributed by atoms with Gasteiger partial charge in [-0.1, -0.05) is 120 Å². The number of rotatable bonds is 8. The third kappa shape index (κ3) is 5.43. The summed E-state index contributed by atoms with van der Waals surface area (Å²) in [5, 5.41) is 7.63. The first-order valence-corrected chi connectivity index (χ1v) is 14.5. The summed E-state index contributed by atoms with van der Waals surface area (Å²) in [6, 6.07) is 37.5. The summed E-state index contributed by atoms with van der Waals surface area (Å²) in [7, 11) is 0. The highest BCUT2D eigenvalue weighted by Crippen LogP contribution is 2.49. The Bertz CT molecular complexity index is 1590. The molecule has 0 amide bonds. The minimum absolute atomic E-state index is 0.174. The molecule has 5 heteroatoms. The maximum Gasteiger partial charge on any atom is 0.191 e. The Balaban J connectivity index is 1.52. The lowest BCUT2D eigenvalue weighted by molar-refractivity contribution is -0.118. The van der Waals surface area contributed by atoms with Crippen LogP contribution >= 0.6 is 11.8 Å². The van der Waals surface area contributed by atoms with Gasteiger partial charge in [0.2, 0.25) is 0 Å². The fraction of sp³-hybridized carbons (Fsp3) is 0.171. The zero-order chi connectivity index (χ0) is 27.5. The summed E-state index contributed by atoms with van der Waals surface area (Å²) in [4.78, 5) is 19.0. The van der Waals surface area contributed by atoms with Gasteiger partial charge >= 0.3 is 0 Å². The standard InChI is InChI=1S/C35H31N3OS/c1-24-13-17-26(18-14-24)21-30(39)22-31(27-9-5-3-6-10-27)32-33(28-19-15-25(2)16-20-28)37-35-38(36-23-40-35)34(32)29-11-7-4-8-12-29/h3-20,23,31,34H,21-22H2,1-2H3. The average molecular weight is 542 g/mol. The van der Waals surface area contributed by atoms with Crippen LogP contribution in [0.1, 0.15) is 51.8 Å². The van der Waals surface area contributed by atoms with Crippen LogP contribution in [0.5, 0.6) is 0 Å². The van der Waals surface area contributed by atoms with Crippen molar-refractivity contribution >= 4 is 34.0 Å². The van der Waals surface area contributed by atoms with Crippen molar-refractivity contribution in [2.75, 3.05) is 0 Å². The molecule has 0 saturated carbocycles. The number of carbonyl (C=O) groups excluding carboxylic acids is 1. The van der Waals surface area contributed by atoms with Gasteiger partial charge in [-0.25, -0.2) is 10.0 Å². The van der Waals surface area contributed by atoms with E-state index in [1.165, 1.54) is 22.9 Å². The second kappa shape index (κ2) is 11.5. The molecule has 6 rings (SSSR count). The number of ketones is 1. The third-order valence-corrected chi connectivity index (χ3v) is 8.21. The second-order valence-electron chi connectivity index (χ2n) is 10.4. The van der Waals surface area contributed by atoms with Crippen LogP contribution in [0.25, 0.3) is 5.70 Å². The summed E-state index contributed by atoms with van der Waals surface area (Å²) in [6.45, 7) is 4.16. The van der Waals surface area contributed by atoms with Gasteiger partial charge in [-0.05, 0) is 47.9 Å². The predicted molar refractivity (Wildman–Crippen MR) is 166 cm³/mol. The molecule has 2 atom stereocenters. The van der Waals surface area contributed by atoms with E-state index in [4.69, 9.17) is 10.1 Å². The lowest BCUT2D eigenvalue weighted by Crippen LogP contribution is -2.33. The quantitative estimate of drug-likeness (QED) is 0.226. The molecule has 0 fully saturated rings. The molecular weight excluding hydrogens is 510 g/mol. The number of aliphatic imine (C=N–C) groups is 1. The number of hydrazone groups is 1. The van der Waals surface area contributed by atoms with E-state index in [1.807, 2.05) is 22.7 Å². The van der Waals surface area contributed by atoms with E-state index in [2.05, 4.69) is 111 Å². The molecular formula is C35H31N3OS. The van der Waals surface area contributed by atoms with Crippen LogP contribution in [0, 0.1) is 13.8 Å². The number of carbonyl (C=O) groups is 1. The van der Waals surface area contributed by atoms with Gasteiger partial charge < -0.3 is 0 Å². The van der Waals surface area contributed by atoms with E-state index in [-0.39, 0.29) is 17.7 Å². The van der Waals surface area contributed by atoms with Gasteiger partial charge in [0.25, 0.3) is 0 Å². The van der Waals surface area contributed by atoms with Crippen molar-refractivity contribution in [3.05, 3.63) is 148 Å². The summed E-state index contributed by atoms with van der Waals surface area (Å²) in [5.74, 6) is 0.0288. The minimum Gasteiger partial charge on any atom is -0.299 e. The smallest absolute Gasteiger partial charge is 0.191 e. The van der Waals surface area contributed by atoms with Gasteiger partial charge in [-0.3, -0.25) is 4.79 Å². The first-order valence-electron chi connectivity index (χ1n) is 13.6. The van der Waals surface area contributed by atoms with Gasteiger partial charge in [0, 0.05) is 24.3 Å². The predicted octanol–water partition coefficient (Wildman–Crippen LogP) is 8.10. The number of hydrogen-bond donors (Lipinski definition) is 0. The van der Waals surface area contributed by atoms with Crippen LogP contribution in [0.15, 0.2) is 125 Å². The van der Waals surface area contributed by atoms with E-state index < -0.39 is 0 Å². The maximum atomic E-state index is 13.8. The number of nitrogens with zero attached hydrogens (tertiary/aromatic N) is 3. The van der Waals surface area contributed by atoms with Gasteiger partial charge in [-0.2, -0.15) is 5.10 Å². The topological polar surface area (TPSA) is 45.0 Å². The zero-order valence-electron chi connectivity index (χ0n) is 22.7. The molecule has 4 aromatic rings. The maximum absolute atomic E-state index is 13.8. The lowest BCUT2D eigenvalue weighted by Gasteiger charge is -2.37. The molecule has 198 valence electrons. The monoisotopic (exact) mass is 541 g/mol. The zero-order valence-corrected chi connectivity index (χ0v) is 23.5. The van der Waals surface area contributed by atoms with Crippen LogP contribution in [-0.4, -0.2) is 21.5 Å². The van der Waals surface area contributed by atoms with E-state index in [0.29, 0.717) is 12.8 Å². The molecule has 2 unspecified atom stereocenters. The highest BCUT2D eigenvalue weighted by Gasteiger charge is 2.40. The largest absolute Gasteiger partial charge is 0.299 e. The summed E-state index contributed by atoms with van der Waals surface area (Å²) >= 11 is 1.54. The Morgan fingerprint density at radius 2 is 1.45 bits per heavy atom. The van der Waals surface area contributed by atoms with E-state index in [1.54, 1.807) is 0 Å². The van der Waals surface area contributed by atoms with Gasteiger partial charge in [0.05, 0.1) is 11.2 Å². The van der Waals surface area contributed by atoms with E-state index in [9.17, 15) is 4.79 Å². The normalized spacial score (nSPS) is 17.0. The van der Waals surface area contributed by atoms with Crippen molar-refractivity contribution in [2.24, 2.45) is 10.1 Å². The number of fused-ring (bicyclic) bond motifs is 1. The fourth-order valence-electron chi connectivity index (χ4n) is 5.48. The number of benzene rings is 4. The van der Waals surface area contributed by atoms with Crippen molar-refractivity contribution in [2.45, 2.75) is 38.6 Å². The molecule has 2 aliphatic heterocycles. The third-order valence-electron chi connectivity index (χ3n) is 7.52. The molecule has 0 aromatic heterocycles. The Kier molecular flexibility index (Phi) is 7.47. The van der Waals surface area contributed by atoms with Gasteiger partial charge in [-0.15, -0.1) is 0 Å². The second-order valence-corrected chi connectivity index (χ2v) is 11.2. The highest BCUT2D eigenvalue weighted by atomic mass is 32.2. The number of hydrogen-bond acceptors (Lipinski definition) is 5. The minimum atomic E-state index is -0.186. The molecule has 0 saturated heterocycles. The highest BCUT2D eigenvalue weighted by molar-refractivity contribution is 8.25. The van der Waals surface area contributed by atoms with Crippen molar-refractivity contribution < 1.29 is 4.79 Å². The van der Waals surface area contributed by atoms with Crippen LogP contribution in [0.3, 0.4) is 0 Å². The molecule has 4 nitrogen and oxygen atoms in total. The Morgan fingerprint density at radius 1 is 0.825 bits per heavy atom. The Morgan fingerprint density at radius 3 is 2.12 bits per heavy atom. The molecule has 2 heterocycles. The lowest BCUT2D eigenvalue weighted by atomic mass is 9.78. The molecule has 40 heavy (non-hydrogen) atoms. The van der Waals surface area contributed by atoms with Crippen molar-refractivity contribution in [3.8, 4) is 0 Å². The Labute approximate surface area is 240 Å². The first kappa shape index (κ1) is 26.0. The van der Waals surface area contributed by atoms with Crippen molar-refractivity contribution in [3.63, 3.8) is 0 Å². The van der Waals surface area contributed by atoms with Crippen LogP contribution in [0.4, 0.5) is 0 Å². The van der Waals surface area contributed by atoms with Gasteiger partial charge in [0.1, 0.15) is 11.8 Å². The van der Waals surface area contributed by atoms with E-state index >= 15 is 0 Å². The summed E-state index contributed by atoms with van der Waals surface area (Å²) in [5.41, 5.74) is 10.6. The molecule has 2 aliphatic rings. The Hall–Kier alpha value is -4.22. The molecule has 0 radical (unpaired) electrons. The first-order chi connectivity index (χ1) is 19.6. The average Bonchev–Trinajstić information content (AvgIpc) is 3.46. The van der Waals surface area contributed by atoms with Crippen molar-refractivity contribution in [1.29, 1.82) is 0 Å². The molecule has 0 spiro atoms. The number of amidine groups is 1. The summed E-state index contributed by atoms with van der Waals surface area (Å²) < 4.78 is 0. The number of thioether (sulfide) groups is 1. The molecule has 0 aliphatic carbocycles. The molecule has 0 bridgehead atoms. The van der Waals surface area contributed by atoms with Gasteiger partial charge in [0.15, 0.2) is 5.17 Å². The molecule has 4 aromatic carbocycles. The van der Waals surface area contributed by atoms with Crippen LogP contribution < -0.4 is 0 Å². The van der Waals surface area contributed by atoms with Crippen LogP contribution in [-0.2, 0) is 11.2 Å². The molecule has 0 N–H and O–H groups in total. The number of Topliss-reactive ketones (excluding diaryl/α,β-unsaturated/α-hetero) is 1. The van der Waals surface area contributed by atoms with Crippen molar-refractivity contribution in [1.82, 2.24) is 5.01 Å². The summed E-state index contributed by atoms with van der Waals surface area (Å²) in [6.07, 6.45) is 0.778. The van der Waals surface area contributed by atoms with Crippen LogP contribution in [0.2, 0.25) is 0 Å². The number of aryl methyl sites for hydroxylation is 2.